The van der Waals surface area contributed by atoms with E-state index in [0.29, 0.717) is 50.6 Å². The number of nitrogens with zero attached hydrogens (tertiary/aromatic N) is 3. The quantitative estimate of drug-likeness (QED) is 0.303. The first kappa shape index (κ1) is 37.1. The van der Waals surface area contributed by atoms with Crippen LogP contribution in [0.25, 0.3) is 0 Å². The van der Waals surface area contributed by atoms with Gasteiger partial charge >= 0.3 is 0 Å². The number of allylic oxidation sites excluding steroid dienone is 1. The molecule has 8 rings (SSSR count). The summed E-state index contributed by atoms with van der Waals surface area (Å²) < 4.78 is 41.5. The number of hydrogen-bond donors (Lipinski definition) is 2. The molecule has 4 heterocycles. The first-order chi connectivity index (χ1) is 26.0. The van der Waals surface area contributed by atoms with Gasteiger partial charge in [0.2, 0.25) is 0 Å². The molecule has 7 atom stereocenters. The van der Waals surface area contributed by atoms with Crippen LogP contribution >= 0.6 is 11.6 Å². The number of carbonyl (C=O) groups excluding carboxylic acids is 2. The minimum Gasteiger partial charge on any atom is -0.494 e. The highest BCUT2D eigenvalue weighted by atomic mass is 35.5. The summed E-state index contributed by atoms with van der Waals surface area (Å²) in [7, 11) is -0.487. The van der Waals surface area contributed by atoms with Gasteiger partial charge in [0.15, 0.2) is 5.75 Å². The number of aliphatic hydroxyl groups is 1. The largest absolute Gasteiger partial charge is 0.494 e. The summed E-state index contributed by atoms with van der Waals surface area (Å²) in [6.45, 7) is 4.28. The van der Waals surface area contributed by atoms with E-state index >= 15 is 0 Å². The molecule has 1 spiro atoms. The van der Waals surface area contributed by atoms with E-state index in [1.54, 1.807) is 31.5 Å². The number of benzene rings is 2. The van der Waals surface area contributed by atoms with Crippen LogP contribution in [0.3, 0.4) is 0 Å². The van der Waals surface area contributed by atoms with Crippen LogP contribution in [0.5, 0.6) is 11.5 Å². The minimum absolute atomic E-state index is 0.0314. The van der Waals surface area contributed by atoms with E-state index in [2.05, 4.69) is 26.1 Å². The molecule has 2 N–H and O–H groups in total. The molecule has 0 saturated heterocycles. The lowest BCUT2D eigenvalue weighted by atomic mass is 9.68. The zero-order chi connectivity index (χ0) is 37.8. The van der Waals surface area contributed by atoms with Gasteiger partial charge in [0.05, 0.1) is 43.1 Å². The summed E-state index contributed by atoms with van der Waals surface area (Å²) in [4.78, 5) is 30.3. The molecule has 1 saturated carbocycles. The average Bonchev–Trinajstić information content (AvgIpc) is 3.64. The van der Waals surface area contributed by atoms with Crippen molar-refractivity contribution < 1.29 is 33.1 Å². The molecule has 2 aliphatic carbocycles. The lowest BCUT2D eigenvalue weighted by Gasteiger charge is -2.45. The number of anilines is 1. The molecule has 2 aromatic carbocycles. The average molecular weight is 777 g/mol. The third-order valence-electron chi connectivity index (χ3n) is 12.3. The Kier molecular flexibility index (Phi) is 10.1. The van der Waals surface area contributed by atoms with Gasteiger partial charge in [0, 0.05) is 55.4 Å². The van der Waals surface area contributed by atoms with Crippen molar-refractivity contribution in [2.24, 2.45) is 22.1 Å². The molecule has 3 aliphatic heterocycles. The Bertz CT molecular complexity index is 2120. The summed E-state index contributed by atoms with van der Waals surface area (Å²) in [6.07, 6.45) is 10.7. The highest BCUT2D eigenvalue weighted by molar-refractivity contribution is 7.92. The molecule has 5 aliphatic rings. The fraction of sp³-hybridized carbons (Fsp3) is 0.512. The summed E-state index contributed by atoms with van der Waals surface area (Å²) in [5, 5.41) is 12.1. The van der Waals surface area contributed by atoms with E-state index in [1.165, 1.54) is 18.2 Å². The number of nitrogens with one attached hydrogen (secondary N) is 1. The van der Waals surface area contributed by atoms with E-state index in [4.69, 9.17) is 25.8 Å². The lowest BCUT2D eigenvalue weighted by molar-refractivity contribution is 0.0456. The van der Waals surface area contributed by atoms with Crippen LogP contribution in [0.4, 0.5) is 5.69 Å². The van der Waals surface area contributed by atoms with Crippen molar-refractivity contribution in [3.05, 3.63) is 87.7 Å². The molecular formula is C41H49ClN4O7S. The van der Waals surface area contributed by atoms with Crippen LogP contribution in [-0.2, 0) is 39.5 Å². The standard InChI is InChI=1S/C41H49ClN4O7S/c1-25-6-4-8-36(47)31-12-9-28(31)19-46-23-41(15-5-7-26-16-29(42)11-13-33(26)41)24-53-37-14-10-27(17-34(37)46)39(48)43-54(50,22-25)44-40(49)32-21-45-20-30(51-2)18-35(45)38(32)52-3/h4,8,10-11,13-14,16-17,21,25,28,30-31,36,47H,5-7,9,12,15,18-20,22-24H2,1-3H3,(H,43,44,48,49,50)/b8-4+/t25-,28-,30+,31+,36-,41-,54?/m0/s1. The van der Waals surface area contributed by atoms with Crippen molar-refractivity contribution in [2.45, 2.75) is 76.0 Å². The highest BCUT2D eigenvalue weighted by Crippen LogP contribution is 2.47. The molecule has 13 heteroatoms. The van der Waals surface area contributed by atoms with Crippen LogP contribution in [0.15, 0.2) is 59.1 Å². The third-order valence-corrected chi connectivity index (χ3v) is 14.5. The smallest absolute Gasteiger partial charge is 0.286 e. The number of aryl methyl sites for hydroxylation is 1. The van der Waals surface area contributed by atoms with Gasteiger partial charge < -0.3 is 28.8 Å². The van der Waals surface area contributed by atoms with Crippen LogP contribution in [0.1, 0.15) is 76.6 Å². The first-order valence-electron chi connectivity index (χ1n) is 19.0. The fourth-order valence-electron chi connectivity index (χ4n) is 9.33. The van der Waals surface area contributed by atoms with Crippen molar-refractivity contribution in [1.82, 2.24) is 9.29 Å². The predicted octanol–water partition coefficient (Wildman–Crippen LogP) is 6.13. The number of rotatable bonds is 4. The number of aromatic nitrogens is 1. The molecule has 2 amide bonds. The molecule has 2 bridgehead atoms. The Morgan fingerprint density at radius 3 is 2.80 bits per heavy atom. The van der Waals surface area contributed by atoms with Crippen molar-refractivity contribution in [1.29, 1.82) is 0 Å². The second-order valence-corrected chi connectivity index (χ2v) is 18.4. The van der Waals surface area contributed by atoms with Crippen molar-refractivity contribution in [2.75, 3.05) is 44.6 Å². The van der Waals surface area contributed by atoms with Gasteiger partial charge in [-0.2, -0.15) is 0 Å². The number of carbonyl (C=O) groups is 2. The fourth-order valence-corrected chi connectivity index (χ4v) is 11.4. The molecule has 1 unspecified atom stereocenters. The number of methoxy groups -OCH3 is 2. The van der Waals surface area contributed by atoms with Gasteiger partial charge in [-0.05, 0) is 97.7 Å². The van der Waals surface area contributed by atoms with Gasteiger partial charge in [-0.15, -0.1) is 4.36 Å². The Balaban J connectivity index is 1.17. The normalized spacial score (nSPS) is 31.2. The van der Waals surface area contributed by atoms with Crippen LogP contribution < -0.4 is 19.1 Å². The SMILES string of the molecule is COc1c(C(=O)NS2(=O)=NC(=O)c3ccc4c(c3)N(C[C@@H]3CC[C@H]3[C@@H](O)/C=C/C[C@H](C)C2)C[C@@]2(CCCc3cc(Cl)ccc32)CO4)cn2c1C[C@@H](OC)C2. The van der Waals surface area contributed by atoms with Crippen LogP contribution in [0.2, 0.25) is 5.02 Å². The Morgan fingerprint density at radius 1 is 1.17 bits per heavy atom. The first-order valence-corrected chi connectivity index (χ1v) is 21.1. The van der Waals surface area contributed by atoms with Gasteiger partial charge in [-0.25, -0.2) is 4.21 Å². The van der Waals surface area contributed by atoms with Gasteiger partial charge in [-0.3, -0.25) is 14.3 Å². The second kappa shape index (κ2) is 14.7. The Labute approximate surface area is 322 Å². The summed E-state index contributed by atoms with van der Waals surface area (Å²) in [5.74, 6) is -0.217. The molecule has 0 radical (unpaired) electrons. The zero-order valence-corrected chi connectivity index (χ0v) is 32.7. The number of hydrogen-bond acceptors (Lipinski definition) is 8. The number of ether oxygens (including phenoxy) is 3. The van der Waals surface area contributed by atoms with Crippen molar-refractivity contribution >= 4 is 39.0 Å². The maximum absolute atomic E-state index is 14.8. The highest BCUT2D eigenvalue weighted by Gasteiger charge is 2.44. The monoisotopic (exact) mass is 776 g/mol. The van der Waals surface area contributed by atoms with Crippen molar-refractivity contribution in [3.63, 3.8) is 0 Å². The maximum atomic E-state index is 14.8. The Morgan fingerprint density at radius 2 is 2.02 bits per heavy atom. The van der Waals surface area contributed by atoms with E-state index < -0.39 is 27.8 Å². The third kappa shape index (κ3) is 6.95. The maximum Gasteiger partial charge on any atom is 0.286 e. The van der Waals surface area contributed by atoms with Gasteiger partial charge in [0.1, 0.15) is 21.2 Å². The molecule has 1 aromatic heterocycles. The molecular weight excluding hydrogens is 728 g/mol. The minimum atomic E-state index is -3.63. The topological polar surface area (TPSA) is 132 Å². The lowest BCUT2D eigenvalue weighted by Crippen LogP contribution is -2.49. The van der Waals surface area contributed by atoms with E-state index in [-0.39, 0.29) is 46.2 Å². The van der Waals surface area contributed by atoms with E-state index in [1.807, 2.05) is 29.7 Å². The number of aliphatic hydroxyl groups excluding tert-OH is 1. The molecule has 3 aromatic rings. The van der Waals surface area contributed by atoms with E-state index in [0.717, 1.165) is 48.5 Å². The summed E-state index contributed by atoms with van der Waals surface area (Å²) in [5.41, 5.74) is 4.25. The van der Waals surface area contributed by atoms with Crippen molar-refractivity contribution in [3.8, 4) is 11.5 Å². The molecule has 11 nitrogen and oxygen atoms in total. The number of amides is 2. The van der Waals surface area contributed by atoms with Gasteiger partial charge in [-0.1, -0.05) is 36.7 Å². The van der Waals surface area contributed by atoms with Crippen LogP contribution in [-0.4, -0.2) is 77.6 Å². The summed E-state index contributed by atoms with van der Waals surface area (Å²) in [6, 6.07) is 11.4. The van der Waals surface area contributed by atoms with Crippen LogP contribution in [0, 0.1) is 17.8 Å². The second-order valence-electron chi connectivity index (χ2n) is 15.9. The number of fused-ring (bicyclic) bond motifs is 5. The molecule has 288 valence electrons. The molecule has 54 heavy (non-hydrogen) atoms. The summed E-state index contributed by atoms with van der Waals surface area (Å²) >= 11 is 6.45. The molecule has 1 fully saturated rings. The Hall–Kier alpha value is -3.84. The van der Waals surface area contributed by atoms with E-state index in [9.17, 15) is 18.9 Å². The number of halogens is 1. The zero-order valence-electron chi connectivity index (χ0n) is 31.1. The predicted molar refractivity (Wildman–Crippen MR) is 208 cm³/mol. The van der Waals surface area contributed by atoms with Gasteiger partial charge in [0.25, 0.3) is 11.8 Å².